The summed E-state index contributed by atoms with van der Waals surface area (Å²) in [4.78, 5) is 0. The van der Waals surface area contributed by atoms with Crippen molar-refractivity contribution in [3.05, 3.63) is 11.6 Å². The van der Waals surface area contributed by atoms with Crippen LogP contribution in [0.5, 0.6) is 0 Å². The third-order valence-corrected chi connectivity index (χ3v) is 7.59. The van der Waals surface area contributed by atoms with Crippen LogP contribution in [0.2, 0.25) is 0 Å². The quantitative estimate of drug-likeness (QED) is 0.724. The van der Waals surface area contributed by atoms with Crippen LogP contribution in [0, 0.1) is 28.6 Å². The average molecular weight is 292 g/mol. The van der Waals surface area contributed by atoms with E-state index in [0.717, 1.165) is 44.9 Å². The van der Waals surface area contributed by atoms with E-state index < -0.39 is 12.7 Å². The predicted octanol–water partition coefficient (Wildman–Crippen LogP) is 3.67. The van der Waals surface area contributed by atoms with Crippen molar-refractivity contribution in [2.45, 2.75) is 70.8 Å². The molecule has 0 radical (unpaired) electrons. The Morgan fingerprint density at radius 3 is 2.95 bits per heavy atom. The molecule has 0 aliphatic heterocycles. The zero-order valence-electron chi connectivity index (χ0n) is 15.1. The Morgan fingerprint density at radius 2 is 2.14 bits per heavy atom. The molecule has 0 bridgehead atoms. The summed E-state index contributed by atoms with van der Waals surface area (Å²) in [7, 11) is 0. The lowest BCUT2D eigenvalue weighted by Gasteiger charge is -2.57. The van der Waals surface area contributed by atoms with E-state index in [-0.39, 0.29) is 10.8 Å². The van der Waals surface area contributed by atoms with Gasteiger partial charge in [-0.15, -0.1) is 0 Å². The molecule has 2 nitrogen and oxygen atoms in total. The monoisotopic (exact) mass is 292 g/mol. The van der Waals surface area contributed by atoms with Gasteiger partial charge in [0.25, 0.3) is 0 Å². The number of allylic oxidation sites excluding steroid dienone is 1. The van der Waals surface area contributed by atoms with Crippen molar-refractivity contribution in [1.29, 1.82) is 0 Å². The molecular formula is C19H30O2. The summed E-state index contributed by atoms with van der Waals surface area (Å²) in [6.07, 6.45) is 9.64. The van der Waals surface area contributed by atoms with E-state index in [1.54, 1.807) is 0 Å². The van der Waals surface area contributed by atoms with E-state index in [4.69, 9.17) is 2.74 Å². The largest absolute Gasteiger partial charge is 0.395 e. The van der Waals surface area contributed by atoms with Gasteiger partial charge in [-0.25, -0.2) is 0 Å². The highest BCUT2D eigenvalue weighted by atomic mass is 16.3. The maximum absolute atomic E-state index is 10.6. The predicted molar refractivity (Wildman–Crippen MR) is 83.7 cm³/mol. The molecule has 0 heterocycles. The first kappa shape index (κ1) is 12.1. The summed E-state index contributed by atoms with van der Waals surface area (Å²) < 4.78 is 16.6. The van der Waals surface area contributed by atoms with Gasteiger partial charge in [-0.1, -0.05) is 25.0 Å². The Hall–Kier alpha value is -0.340. The van der Waals surface area contributed by atoms with Crippen molar-refractivity contribution in [3.8, 4) is 0 Å². The Labute approximate surface area is 131 Å². The number of aliphatic hydroxyl groups excluding tert-OH is 1. The van der Waals surface area contributed by atoms with Gasteiger partial charge in [-0.05, 0) is 74.5 Å². The first-order chi connectivity index (χ1) is 10.8. The SMILES string of the molecule is [2H][C@H](O)[C@]12CCCCC1=CC[C@@H]1[C@@H]2CC[C@@]2(C)[C@H]1CC[C@]2([2H])O. The van der Waals surface area contributed by atoms with Gasteiger partial charge in [0, 0.05) is 5.41 Å². The van der Waals surface area contributed by atoms with Gasteiger partial charge in [0.15, 0.2) is 0 Å². The molecule has 4 rings (SSSR count). The molecule has 2 heteroatoms. The fourth-order valence-electron chi connectivity index (χ4n) is 6.41. The Balaban J connectivity index is 1.75. The minimum atomic E-state index is -1.30. The molecule has 0 spiro atoms. The maximum Gasteiger partial charge on any atom is 0.0606 e. The summed E-state index contributed by atoms with van der Waals surface area (Å²) in [5.41, 5.74) is 0.684. The van der Waals surface area contributed by atoms with E-state index in [2.05, 4.69) is 13.0 Å². The van der Waals surface area contributed by atoms with Crippen LogP contribution in [0.1, 0.15) is 67.5 Å². The van der Waals surface area contributed by atoms with Gasteiger partial charge in [-0.2, -0.15) is 0 Å². The highest BCUT2D eigenvalue weighted by Crippen LogP contribution is 2.64. The highest BCUT2D eigenvalue weighted by molar-refractivity contribution is 5.25. The number of fused-ring (bicyclic) bond motifs is 5. The van der Waals surface area contributed by atoms with Gasteiger partial charge in [0.05, 0.1) is 15.4 Å². The van der Waals surface area contributed by atoms with Crippen molar-refractivity contribution in [3.63, 3.8) is 0 Å². The normalized spacial score (nSPS) is 59.0. The zero-order chi connectivity index (χ0) is 16.5. The Bertz CT molecular complexity index is 529. The minimum Gasteiger partial charge on any atom is -0.395 e. The van der Waals surface area contributed by atoms with Crippen molar-refractivity contribution >= 4 is 0 Å². The minimum absolute atomic E-state index is 0.317. The third kappa shape index (κ3) is 1.78. The first-order valence-electron chi connectivity index (χ1n) is 9.93. The average Bonchev–Trinajstić information content (AvgIpc) is 2.77. The van der Waals surface area contributed by atoms with Crippen LogP contribution < -0.4 is 0 Å². The van der Waals surface area contributed by atoms with E-state index in [1.165, 1.54) is 12.0 Å². The lowest BCUT2D eigenvalue weighted by Crippen LogP contribution is -2.52. The molecule has 0 aromatic heterocycles. The summed E-state index contributed by atoms with van der Waals surface area (Å²) in [5, 5.41) is 21.1. The fraction of sp³-hybridized carbons (Fsp3) is 0.895. The van der Waals surface area contributed by atoms with Crippen molar-refractivity contribution in [2.24, 2.45) is 28.6 Å². The van der Waals surface area contributed by atoms with Gasteiger partial charge in [0.1, 0.15) is 0 Å². The molecular weight excluding hydrogens is 260 g/mol. The summed E-state index contributed by atoms with van der Waals surface area (Å²) in [6, 6.07) is 0. The van der Waals surface area contributed by atoms with Crippen LogP contribution in [0.25, 0.3) is 0 Å². The molecule has 0 unspecified atom stereocenters. The van der Waals surface area contributed by atoms with Crippen LogP contribution in [0.15, 0.2) is 11.6 Å². The Kier molecular flexibility index (Phi) is 2.79. The molecule has 0 aromatic rings. The molecule has 3 fully saturated rings. The smallest absolute Gasteiger partial charge is 0.0606 e. The van der Waals surface area contributed by atoms with Gasteiger partial charge >= 0.3 is 0 Å². The first-order valence-corrected chi connectivity index (χ1v) is 8.85. The van der Waals surface area contributed by atoms with Crippen LogP contribution in [-0.4, -0.2) is 22.9 Å². The second kappa shape index (κ2) is 4.83. The molecule has 7 atom stereocenters. The molecule has 0 amide bonds. The highest BCUT2D eigenvalue weighted by Gasteiger charge is 2.59. The lowest BCUT2D eigenvalue weighted by molar-refractivity contribution is -0.0826. The summed E-state index contributed by atoms with van der Waals surface area (Å²) in [6.45, 7) is 1.08. The number of rotatable bonds is 1. The van der Waals surface area contributed by atoms with Gasteiger partial charge in [0.2, 0.25) is 0 Å². The second-order valence-corrected chi connectivity index (χ2v) is 8.16. The van der Waals surface area contributed by atoms with Crippen molar-refractivity contribution in [2.75, 3.05) is 6.58 Å². The number of hydrogen-bond donors (Lipinski definition) is 2. The van der Waals surface area contributed by atoms with Crippen molar-refractivity contribution < 1.29 is 13.0 Å². The van der Waals surface area contributed by atoms with Crippen molar-refractivity contribution in [1.82, 2.24) is 0 Å². The van der Waals surface area contributed by atoms with Crippen LogP contribution in [-0.2, 0) is 0 Å². The molecule has 4 aliphatic carbocycles. The second-order valence-electron chi connectivity index (χ2n) is 8.16. The lowest BCUT2D eigenvalue weighted by atomic mass is 9.47. The molecule has 0 aromatic carbocycles. The zero-order valence-corrected chi connectivity index (χ0v) is 13.1. The van der Waals surface area contributed by atoms with E-state index >= 15 is 0 Å². The fourth-order valence-corrected chi connectivity index (χ4v) is 6.41. The van der Waals surface area contributed by atoms with Crippen LogP contribution in [0.3, 0.4) is 0 Å². The summed E-state index contributed by atoms with van der Waals surface area (Å²) >= 11 is 0. The number of hydrogen-bond acceptors (Lipinski definition) is 2. The molecule has 21 heavy (non-hydrogen) atoms. The molecule has 0 saturated heterocycles. The maximum atomic E-state index is 10.6. The van der Waals surface area contributed by atoms with E-state index in [0.29, 0.717) is 24.2 Å². The molecule has 3 saturated carbocycles. The van der Waals surface area contributed by atoms with Crippen LogP contribution in [0.4, 0.5) is 0 Å². The molecule has 4 aliphatic rings. The van der Waals surface area contributed by atoms with Gasteiger partial charge < -0.3 is 10.2 Å². The number of aliphatic hydroxyl groups is 2. The van der Waals surface area contributed by atoms with Crippen LogP contribution >= 0.6 is 0 Å². The van der Waals surface area contributed by atoms with E-state index in [9.17, 15) is 10.2 Å². The topological polar surface area (TPSA) is 40.5 Å². The standard InChI is InChI=1S/C19H30O2/c1-18-11-9-16-14(15(18)7-8-17(18)21)6-5-13-4-2-3-10-19(13,16)12-20/h5,14-17,20-21H,2-4,6-12H2,1H3/t14-,15-,16-,17-,18-,19+/m0/s1/i12D,17D/t12-,14-,15-,16-,17-,18-,19+. The third-order valence-electron chi connectivity index (χ3n) is 7.59. The van der Waals surface area contributed by atoms with E-state index in [1.807, 2.05) is 0 Å². The summed E-state index contributed by atoms with van der Waals surface area (Å²) in [5.74, 6) is 1.15. The molecule has 118 valence electrons. The van der Waals surface area contributed by atoms with Gasteiger partial charge in [-0.3, -0.25) is 0 Å². The molecule has 2 N–H and O–H groups in total. The Morgan fingerprint density at radius 1 is 1.29 bits per heavy atom.